The second-order valence-corrected chi connectivity index (χ2v) is 7.75. The van der Waals surface area contributed by atoms with Crippen molar-refractivity contribution in [2.45, 2.75) is 44.3 Å². The number of hydrogen-bond donors (Lipinski definition) is 0. The van der Waals surface area contributed by atoms with Gasteiger partial charge in [0.2, 0.25) is 0 Å². The summed E-state index contributed by atoms with van der Waals surface area (Å²) in [6, 6.07) is 18.7. The van der Waals surface area contributed by atoms with Crippen LogP contribution in [0, 0.1) is 0 Å². The normalized spacial score (nSPS) is 14.7. The highest BCUT2D eigenvalue weighted by atomic mass is 16.5. The molecule has 5 nitrogen and oxygen atoms in total. The minimum absolute atomic E-state index is 0.203. The second-order valence-electron chi connectivity index (χ2n) is 7.75. The Morgan fingerprint density at radius 1 is 1.00 bits per heavy atom. The first-order valence-corrected chi connectivity index (χ1v) is 10.7. The third-order valence-corrected chi connectivity index (χ3v) is 5.58. The molecule has 1 aliphatic rings. The summed E-state index contributed by atoms with van der Waals surface area (Å²) in [6.45, 7) is 0. The standard InChI is InChI=1S/C26H27NO4/c1-29-23-12-11-21(18-25(23)30-22-9-5-6-10-22)24(17-19-13-15-27-16-14-19)31-26(28)20-7-3-2-4-8-20/h2-4,7-8,11-16,18,22,24H,5-6,9-10,17H2,1H3. The van der Waals surface area contributed by atoms with Crippen LogP contribution < -0.4 is 9.47 Å². The molecule has 0 aliphatic heterocycles. The number of nitrogens with zero attached hydrogens (tertiary/aromatic N) is 1. The average molecular weight is 418 g/mol. The number of carbonyl (C=O) groups excluding carboxylic acids is 1. The van der Waals surface area contributed by atoms with Gasteiger partial charge in [-0.1, -0.05) is 24.3 Å². The third kappa shape index (κ3) is 5.43. The van der Waals surface area contributed by atoms with E-state index in [1.165, 1.54) is 12.8 Å². The Balaban J connectivity index is 1.62. The zero-order valence-electron chi connectivity index (χ0n) is 17.7. The minimum atomic E-state index is -0.466. The van der Waals surface area contributed by atoms with Gasteiger partial charge in [0.05, 0.1) is 18.8 Å². The summed E-state index contributed by atoms with van der Waals surface area (Å²) < 4.78 is 17.7. The summed E-state index contributed by atoms with van der Waals surface area (Å²) in [5, 5.41) is 0. The predicted octanol–water partition coefficient (Wildman–Crippen LogP) is 5.55. The molecule has 3 aromatic rings. The van der Waals surface area contributed by atoms with Crippen molar-refractivity contribution in [3.8, 4) is 11.5 Å². The lowest BCUT2D eigenvalue weighted by molar-refractivity contribution is 0.0296. The highest BCUT2D eigenvalue weighted by Gasteiger charge is 2.23. The van der Waals surface area contributed by atoms with E-state index in [1.54, 1.807) is 31.6 Å². The maximum Gasteiger partial charge on any atom is 0.338 e. The Morgan fingerprint density at radius 3 is 2.45 bits per heavy atom. The number of esters is 1. The van der Waals surface area contributed by atoms with Gasteiger partial charge in [0.15, 0.2) is 11.5 Å². The van der Waals surface area contributed by atoms with Gasteiger partial charge in [0.1, 0.15) is 6.10 Å². The molecule has 4 rings (SSSR count). The molecule has 1 unspecified atom stereocenters. The van der Waals surface area contributed by atoms with Crippen molar-refractivity contribution in [2.75, 3.05) is 7.11 Å². The smallest absolute Gasteiger partial charge is 0.338 e. The van der Waals surface area contributed by atoms with E-state index < -0.39 is 6.10 Å². The molecule has 31 heavy (non-hydrogen) atoms. The van der Waals surface area contributed by atoms with Crippen LogP contribution in [-0.2, 0) is 11.2 Å². The Morgan fingerprint density at radius 2 is 1.74 bits per heavy atom. The van der Waals surface area contributed by atoms with Gasteiger partial charge in [-0.2, -0.15) is 0 Å². The van der Waals surface area contributed by atoms with Crippen LogP contribution in [0.1, 0.15) is 53.3 Å². The fourth-order valence-electron chi connectivity index (χ4n) is 3.90. The van der Waals surface area contributed by atoms with Crippen LogP contribution in [0.15, 0.2) is 73.1 Å². The molecule has 1 atom stereocenters. The van der Waals surface area contributed by atoms with Crippen molar-refractivity contribution in [3.05, 3.63) is 89.7 Å². The van der Waals surface area contributed by atoms with E-state index in [4.69, 9.17) is 14.2 Å². The number of rotatable bonds is 8. The average Bonchev–Trinajstić information content (AvgIpc) is 3.33. The van der Waals surface area contributed by atoms with E-state index >= 15 is 0 Å². The third-order valence-electron chi connectivity index (χ3n) is 5.58. The Labute approximate surface area is 183 Å². The van der Waals surface area contributed by atoms with E-state index in [1.807, 2.05) is 48.5 Å². The number of aromatic nitrogens is 1. The molecule has 0 N–H and O–H groups in total. The van der Waals surface area contributed by atoms with Crippen molar-refractivity contribution < 1.29 is 19.0 Å². The van der Waals surface area contributed by atoms with Crippen molar-refractivity contribution in [3.63, 3.8) is 0 Å². The molecule has 0 saturated heterocycles. The van der Waals surface area contributed by atoms with Crippen LogP contribution in [0.3, 0.4) is 0 Å². The van der Waals surface area contributed by atoms with Gasteiger partial charge in [-0.25, -0.2) is 4.79 Å². The molecule has 1 aromatic heterocycles. The molecule has 160 valence electrons. The Hall–Kier alpha value is -3.34. The molecule has 0 bridgehead atoms. The van der Waals surface area contributed by atoms with Crippen LogP contribution in [0.4, 0.5) is 0 Å². The van der Waals surface area contributed by atoms with E-state index in [-0.39, 0.29) is 12.1 Å². The van der Waals surface area contributed by atoms with Crippen molar-refractivity contribution in [1.29, 1.82) is 0 Å². The zero-order chi connectivity index (χ0) is 21.5. The highest BCUT2D eigenvalue weighted by Crippen LogP contribution is 2.35. The lowest BCUT2D eigenvalue weighted by atomic mass is 10.0. The minimum Gasteiger partial charge on any atom is -0.493 e. The van der Waals surface area contributed by atoms with Crippen molar-refractivity contribution in [2.24, 2.45) is 0 Å². The van der Waals surface area contributed by atoms with E-state index in [0.717, 1.165) is 24.0 Å². The molecule has 2 aromatic carbocycles. The highest BCUT2D eigenvalue weighted by molar-refractivity contribution is 5.89. The predicted molar refractivity (Wildman–Crippen MR) is 118 cm³/mol. The first-order valence-electron chi connectivity index (χ1n) is 10.7. The number of benzene rings is 2. The largest absolute Gasteiger partial charge is 0.493 e. The molecule has 1 aliphatic carbocycles. The zero-order valence-corrected chi connectivity index (χ0v) is 17.7. The first-order chi connectivity index (χ1) is 15.2. The lowest BCUT2D eigenvalue weighted by Crippen LogP contribution is -2.15. The quantitative estimate of drug-likeness (QED) is 0.450. The molecular weight excluding hydrogens is 390 g/mol. The summed E-state index contributed by atoms with van der Waals surface area (Å²) in [5.41, 5.74) is 2.43. The van der Waals surface area contributed by atoms with Crippen LogP contribution in [0.2, 0.25) is 0 Å². The van der Waals surface area contributed by atoms with Crippen LogP contribution in [-0.4, -0.2) is 24.2 Å². The van der Waals surface area contributed by atoms with Gasteiger partial charge in [0, 0.05) is 18.8 Å². The van der Waals surface area contributed by atoms with E-state index in [0.29, 0.717) is 23.5 Å². The summed E-state index contributed by atoms with van der Waals surface area (Å²) in [5.74, 6) is 1.03. The maximum absolute atomic E-state index is 12.8. The molecular formula is C26H27NO4. The topological polar surface area (TPSA) is 57.7 Å². The Kier molecular flexibility index (Phi) is 6.82. The van der Waals surface area contributed by atoms with Gasteiger partial charge >= 0.3 is 5.97 Å². The van der Waals surface area contributed by atoms with Crippen LogP contribution >= 0.6 is 0 Å². The monoisotopic (exact) mass is 417 g/mol. The maximum atomic E-state index is 12.8. The van der Waals surface area contributed by atoms with Gasteiger partial charge < -0.3 is 14.2 Å². The van der Waals surface area contributed by atoms with Crippen molar-refractivity contribution >= 4 is 5.97 Å². The molecule has 1 fully saturated rings. The molecule has 1 heterocycles. The number of hydrogen-bond acceptors (Lipinski definition) is 5. The van der Waals surface area contributed by atoms with Crippen LogP contribution in [0.5, 0.6) is 11.5 Å². The second kappa shape index (κ2) is 10.1. The van der Waals surface area contributed by atoms with Gasteiger partial charge in [0.25, 0.3) is 0 Å². The summed E-state index contributed by atoms with van der Waals surface area (Å²) in [7, 11) is 1.64. The van der Waals surface area contributed by atoms with Gasteiger partial charge in [-0.05, 0) is 73.2 Å². The number of carbonyl (C=O) groups is 1. The fraction of sp³-hybridized carbons (Fsp3) is 0.308. The number of pyridine rings is 1. The van der Waals surface area contributed by atoms with E-state index in [9.17, 15) is 4.79 Å². The van der Waals surface area contributed by atoms with Crippen molar-refractivity contribution in [1.82, 2.24) is 4.98 Å². The van der Waals surface area contributed by atoms with Gasteiger partial charge in [-0.3, -0.25) is 4.98 Å². The number of ether oxygens (including phenoxy) is 3. The molecule has 5 heteroatoms. The molecule has 0 spiro atoms. The van der Waals surface area contributed by atoms with Crippen LogP contribution in [0.25, 0.3) is 0 Å². The molecule has 1 saturated carbocycles. The first kappa shape index (κ1) is 20.9. The van der Waals surface area contributed by atoms with E-state index in [2.05, 4.69) is 4.98 Å². The Bertz CT molecular complexity index is 985. The molecule has 0 radical (unpaired) electrons. The lowest BCUT2D eigenvalue weighted by Gasteiger charge is -2.21. The SMILES string of the molecule is COc1ccc(C(Cc2ccncc2)OC(=O)c2ccccc2)cc1OC1CCCC1. The number of methoxy groups -OCH3 is 1. The summed E-state index contributed by atoms with van der Waals surface area (Å²) in [4.78, 5) is 16.9. The summed E-state index contributed by atoms with van der Waals surface area (Å²) in [6.07, 6.45) is 8.24. The van der Waals surface area contributed by atoms with Gasteiger partial charge in [-0.15, -0.1) is 0 Å². The summed E-state index contributed by atoms with van der Waals surface area (Å²) >= 11 is 0. The molecule has 0 amide bonds. The fourth-order valence-corrected chi connectivity index (χ4v) is 3.90.